The molecule has 66 valence electrons. The van der Waals surface area contributed by atoms with Crippen LogP contribution in [0.4, 0.5) is 0 Å². The molecule has 2 rings (SSSR count). The summed E-state index contributed by atoms with van der Waals surface area (Å²) in [4.78, 5) is 0. The Morgan fingerprint density at radius 3 is 2.92 bits per heavy atom. The maximum atomic E-state index is 5.61. The summed E-state index contributed by atoms with van der Waals surface area (Å²) in [5, 5.41) is 0. The minimum atomic E-state index is 0.918. The molecule has 1 saturated carbocycles. The molecule has 1 fully saturated rings. The highest BCUT2D eigenvalue weighted by atomic mass is 16.5. The maximum absolute atomic E-state index is 5.61. The average molecular weight is 164 g/mol. The molecule has 1 heteroatoms. The summed E-state index contributed by atoms with van der Waals surface area (Å²) in [6, 6.07) is 0. The number of hydrogen-bond donors (Lipinski definition) is 0. The standard InChI is InChI=1S/C11H16O/c1-2-4-11(5-3-1)12-9-8-10-6-7-10/h2,4-5,10H,1,3,6-9H2. The van der Waals surface area contributed by atoms with Gasteiger partial charge in [0.05, 0.1) is 6.61 Å². The van der Waals surface area contributed by atoms with E-state index >= 15 is 0 Å². The molecule has 0 aromatic carbocycles. The first-order valence-corrected chi connectivity index (χ1v) is 4.94. The van der Waals surface area contributed by atoms with Gasteiger partial charge in [0.2, 0.25) is 0 Å². The van der Waals surface area contributed by atoms with Gasteiger partial charge in [0.25, 0.3) is 0 Å². The third-order valence-electron chi connectivity index (χ3n) is 2.45. The summed E-state index contributed by atoms with van der Waals surface area (Å²) >= 11 is 0. The van der Waals surface area contributed by atoms with Gasteiger partial charge in [0, 0.05) is 0 Å². The zero-order valence-corrected chi connectivity index (χ0v) is 7.46. The van der Waals surface area contributed by atoms with Crippen molar-refractivity contribution in [2.75, 3.05) is 6.61 Å². The Bertz CT molecular complexity index is 199. The van der Waals surface area contributed by atoms with Crippen LogP contribution in [0.1, 0.15) is 32.1 Å². The van der Waals surface area contributed by atoms with E-state index < -0.39 is 0 Å². The second-order valence-electron chi connectivity index (χ2n) is 3.67. The summed E-state index contributed by atoms with van der Waals surface area (Å²) in [5.41, 5.74) is 0. The normalized spacial score (nSPS) is 22.2. The van der Waals surface area contributed by atoms with E-state index in [0.717, 1.165) is 24.7 Å². The van der Waals surface area contributed by atoms with Gasteiger partial charge in [0.1, 0.15) is 5.76 Å². The van der Waals surface area contributed by atoms with Crippen molar-refractivity contribution in [3.05, 3.63) is 24.0 Å². The van der Waals surface area contributed by atoms with Crippen molar-refractivity contribution in [3.8, 4) is 0 Å². The van der Waals surface area contributed by atoms with Crippen LogP contribution >= 0.6 is 0 Å². The third kappa shape index (κ3) is 2.40. The van der Waals surface area contributed by atoms with Gasteiger partial charge in [0.15, 0.2) is 0 Å². The fourth-order valence-corrected chi connectivity index (χ4v) is 1.45. The summed E-state index contributed by atoms with van der Waals surface area (Å²) < 4.78 is 5.61. The predicted octanol–water partition coefficient (Wildman–Crippen LogP) is 3.04. The highest BCUT2D eigenvalue weighted by Gasteiger charge is 2.20. The Morgan fingerprint density at radius 1 is 1.33 bits per heavy atom. The Kier molecular flexibility index (Phi) is 2.50. The number of allylic oxidation sites excluding steroid dienone is 3. The monoisotopic (exact) mass is 164 g/mol. The summed E-state index contributed by atoms with van der Waals surface area (Å²) in [6.07, 6.45) is 12.9. The quantitative estimate of drug-likeness (QED) is 0.620. The van der Waals surface area contributed by atoms with E-state index in [0.29, 0.717) is 0 Å². The van der Waals surface area contributed by atoms with Crippen LogP contribution in [0.3, 0.4) is 0 Å². The topological polar surface area (TPSA) is 9.23 Å². The lowest BCUT2D eigenvalue weighted by Gasteiger charge is -2.08. The Morgan fingerprint density at radius 2 is 2.25 bits per heavy atom. The zero-order chi connectivity index (χ0) is 8.23. The maximum Gasteiger partial charge on any atom is 0.114 e. The molecule has 0 amide bonds. The molecule has 0 radical (unpaired) electrons. The smallest absolute Gasteiger partial charge is 0.114 e. The number of hydrogen-bond acceptors (Lipinski definition) is 1. The number of rotatable bonds is 4. The van der Waals surface area contributed by atoms with E-state index in [4.69, 9.17) is 4.74 Å². The van der Waals surface area contributed by atoms with Crippen LogP contribution in [0, 0.1) is 5.92 Å². The van der Waals surface area contributed by atoms with Crippen LogP contribution in [0.15, 0.2) is 24.0 Å². The molecule has 2 aliphatic rings. The van der Waals surface area contributed by atoms with Crippen molar-refractivity contribution in [3.63, 3.8) is 0 Å². The van der Waals surface area contributed by atoms with Crippen LogP contribution in [-0.4, -0.2) is 6.61 Å². The van der Waals surface area contributed by atoms with Gasteiger partial charge in [-0.25, -0.2) is 0 Å². The first-order chi connectivity index (χ1) is 5.95. The average Bonchev–Trinajstić information content (AvgIpc) is 2.90. The molecular weight excluding hydrogens is 148 g/mol. The Balaban J connectivity index is 1.64. The first-order valence-electron chi connectivity index (χ1n) is 4.94. The molecule has 0 aromatic heterocycles. The fourth-order valence-electron chi connectivity index (χ4n) is 1.45. The highest BCUT2D eigenvalue weighted by molar-refractivity contribution is 5.15. The lowest BCUT2D eigenvalue weighted by molar-refractivity contribution is 0.212. The third-order valence-corrected chi connectivity index (χ3v) is 2.45. The summed E-state index contributed by atoms with van der Waals surface area (Å²) in [7, 11) is 0. The second-order valence-corrected chi connectivity index (χ2v) is 3.67. The van der Waals surface area contributed by atoms with Crippen molar-refractivity contribution in [2.24, 2.45) is 5.92 Å². The van der Waals surface area contributed by atoms with Crippen molar-refractivity contribution in [2.45, 2.75) is 32.1 Å². The minimum Gasteiger partial charge on any atom is -0.494 e. The van der Waals surface area contributed by atoms with Crippen molar-refractivity contribution in [1.29, 1.82) is 0 Å². The van der Waals surface area contributed by atoms with Crippen molar-refractivity contribution >= 4 is 0 Å². The Hall–Kier alpha value is -0.720. The molecular formula is C11H16O. The van der Waals surface area contributed by atoms with Gasteiger partial charge in [-0.3, -0.25) is 0 Å². The molecule has 12 heavy (non-hydrogen) atoms. The van der Waals surface area contributed by atoms with Crippen molar-refractivity contribution in [1.82, 2.24) is 0 Å². The molecule has 0 saturated heterocycles. The predicted molar refractivity (Wildman–Crippen MR) is 49.8 cm³/mol. The van der Waals surface area contributed by atoms with E-state index in [1.165, 1.54) is 25.7 Å². The molecule has 2 aliphatic carbocycles. The molecule has 0 aromatic rings. The van der Waals surface area contributed by atoms with Crippen molar-refractivity contribution < 1.29 is 4.74 Å². The SMILES string of the molecule is C1=CC(OCCC2CC2)=CCC1. The summed E-state index contributed by atoms with van der Waals surface area (Å²) in [6.45, 7) is 0.918. The molecule has 0 aliphatic heterocycles. The zero-order valence-electron chi connectivity index (χ0n) is 7.46. The second kappa shape index (κ2) is 3.79. The van der Waals surface area contributed by atoms with Gasteiger partial charge < -0.3 is 4.74 Å². The van der Waals surface area contributed by atoms with Gasteiger partial charge in [-0.2, -0.15) is 0 Å². The molecule has 0 heterocycles. The largest absolute Gasteiger partial charge is 0.494 e. The molecule has 1 nitrogen and oxygen atoms in total. The lowest BCUT2D eigenvalue weighted by atomic mass is 10.2. The lowest BCUT2D eigenvalue weighted by Crippen LogP contribution is -1.96. The van der Waals surface area contributed by atoms with Gasteiger partial charge in [-0.1, -0.05) is 18.9 Å². The van der Waals surface area contributed by atoms with Crippen LogP contribution in [-0.2, 0) is 4.74 Å². The molecule has 0 spiro atoms. The van der Waals surface area contributed by atoms with Gasteiger partial charge in [-0.15, -0.1) is 0 Å². The first kappa shape index (κ1) is 7.90. The van der Waals surface area contributed by atoms with Crippen LogP contribution in [0.5, 0.6) is 0 Å². The van der Waals surface area contributed by atoms with Gasteiger partial charge in [-0.05, 0) is 37.3 Å². The van der Waals surface area contributed by atoms with E-state index in [-0.39, 0.29) is 0 Å². The number of ether oxygens (including phenoxy) is 1. The van der Waals surface area contributed by atoms with E-state index in [1.54, 1.807) is 0 Å². The summed E-state index contributed by atoms with van der Waals surface area (Å²) in [5.74, 6) is 2.07. The molecule has 0 bridgehead atoms. The van der Waals surface area contributed by atoms with Crippen LogP contribution < -0.4 is 0 Å². The Labute approximate surface area is 74.1 Å². The van der Waals surface area contributed by atoms with E-state index in [9.17, 15) is 0 Å². The minimum absolute atomic E-state index is 0.918. The van der Waals surface area contributed by atoms with E-state index in [2.05, 4.69) is 18.2 Å². The van der Waals surface area contributed by atoms with Crippen LogP contribution in [0.25, 0.3) is 0 Å². The molecule has 0 atom stereocenters. The fraction of sp³-hybridized carbons (Fsp3) is 0.636. The van der Waals surface area contributed by atoms with Crippen LogP contribution in [0.2, 0.25) is 0 Å². The highest BCUT2D eigenvalue weighted by Crippen LogP contribution is 2.32. The molecule has 0 unspecified atom stereocenters. The molecule has 0 N–H and O–H groups in total. The van der Waals surface area contributed by atoms with E-state index in [1.807, 2.05) is 0 Å². The van der Waals surface area contributed by atoms with Gasteiger partial charge >= 0.3 is 0 Å².